The molecule has 16 heavy (non-hydrogen) atoms. The maximum Gasteiger partial charge on any atom is 0.326 e. The van der Waals surface area contributed by atoms with Gasteiger partial charge >= 0.3 is 11.9 Å². The maximum atomic E-state index is 11.4. The van der Waals surface area contributed by atoms with E-state index < -0.39 is 30.3 Å². The Labute approximate surface area is 93.7 Å². The van der Waals surface area contributed by atoms with Gasteiger partial charge in [-0.15, -0.1) is 11.3 Å². The van der Waals surface area contributed by atoms with Crippen LogP contribution in [0.1, 0.15) is 16.1 Å². The van der Waals surface area contributed by atoms with Crippen molar-refractivity contribution in [2.75, 3.05) is 0 Å². The van der Waals surface area contributed by atoms with Crippen LogP contribution in [0.3, 0.4) is 0 Å². The van der Waals surface area contributed by atoms with Crippen LogP contribution in [-0.2, 0) is 9.59 Å². The zero-order valence-corrected chi connectivity index (χ0v) is 8.73. The van der Waals surface area contributed by atoms with Gasteiger partial charge in [-0.05, 0) is 0 Å². The highest BCUT2D eigenvalue weighted by Crippen LogP contribution is 2.06. The van der Waals surface area contributed by atoms with Crippen LogP contribution in [0.15, 0.2) is 11.7 Å². The van der Waals surface area contributed by atoms with Crippen LogP contribution in [0.5, 0.6) is 0 Å². The SMILES string of the molecule is O=C(O)CC(NC(=O)c1cncs1)C(=O)O. The summed E-state index contributed by atoms with van der Waals surface area (Å²) in [5.74, 6) is -3.33. The molecule has 1 aromatic heterocycles. The van der Waals surface area contributed by atoms with Crippen LogP contribution < -0.4 is 5.32 Å². The number of carboxylic acid groups (broad SMARTS) is 2. The van der Waals surface area contributed by atoms with E-state index in [2.05, 4.69) is 10.3 Å². The predicted molar refractivity (Wildman–Crippen MR) is 53.3 cm³/mol. The molecule has 1 unspecified atom stereocenters. The second-order valence-electron chi connectivity index (χ2n) is 2.83. The van der Waals surface area contributed by atoms with Crippen LogP contribution in [0.25, 0.3) is 0 Å². The molecule has 3 N–H and O–H groups in total. The molecule has 0 bridgehead atoms. The van der Waals surface area contributed by atoms with Gasteiger partial charge < -0.3 is 15.5 Å². The molecule has 0 radical (unpaired) electrons. The number of carboxylic acids is 2. The molecular formula is C8H8N2O5S. The van der Waals surface area contributed by atoms with Gasteiger partial charge in [0.25, 0.3) is 5.91 Å². The van der Waals surface area contributed by atoms with E-state index in [1.54, 1.807) is 0 Å². The molecule has 86 valence electrons. The number of carbonyl (C=O) groups excluding carboxylic acids is 1. The summed E-state index contributed by atoms with van der Waals surface area (Å²) in [7, 11) is 0. The number of aliphatic carboxylic acids is 2. The quantitative estimate of drug-likeness (QED) is 0.660. The van der Waals surface area contributed by atoms with Crippen molar-refractivity contribution in [3.8, 4) is 0 Å². The lowest BCUT2D eigenvalue weighted by Crippen LogP contribution is -2.41. The Kier molecular flexibility index (Phi) is 3.95. The van der Waals surface area contributed by atoms with Crippen LogP contribution in [-0.4, -0.2) is 39.1 Å². The van der Waals surface area contributed by atoms with E-state index in [-0.39, 0.29) is 4.88 Å². The fraction of sp³-hybridized carbons (Fsp3) is 0.250. The lowest BCUT2D eigenvalue weighted by molar-refractivity contribution is -0.145. The van der Waals surface area contributed by atoms with Crippen LogP contribution in [0.2, 0.25) is 0 Å². The van der Waals surface area contributed by atoms with E-state index in [1.807, 2.05) is 0 Å². The Morgan fingerprint density at radius 1 is 1.44 bits per heavy atom. The number of hydrogen-bond donors (Lipinski definition) is 3. The second kappa shape index (κ2) is 5.21. The first-order valence-electron chi connectivity index (χ1n) is 4.14. The van der Waals surface area contributed by atoms with Gasteiger partial charge in [0.1, 0.15) is 10.9 Å². The topological polar surface area (TPSA) is 117 Å². The van der Waals surface area contributed by atoms with Crippen molar-refractivity contribution in [2.45, 2.75) is 12.5 Å². The van der Waals surface area contributed by atoms with Gasteiger partial charge in [0.05, 0.1) is 18.1 Å². The zero-order valence-electron chi connectivity index (χ0n) is 7.91. The highest BCUT2D eigenvalue weighted by atomic mass is 32.1. The highest BCUT2D eigenvalue weighted by Gasteiger charge is 2.23. The Morgan fingerprint density at radius 3 is 2.56 bits per heavy atom. The fourth-order valence-corrected chi connectivity index (χ4v) is 1.45. The van der Waals surface area contributed by atoms with Gasteiger partial charge in [-0.3, -0.25) is 14.6 Å². The molecule has 1 atom stereocenters. The van der Waals surface area contributed by atoms with E-state index in [4.69, 9.17) is 10.2 Å². The lowest BCUT2D eigenvalue weighted by Gasteiger charge is -2.10. The molecule has 0 saturated carbocycles. The molecule has 0 aliphatic carbocycles. The van der Waals surface area contributed by atoms with Crippen molar-refractivity contribution in [1.29, 1.82) is 0 Å². The summed E-state index contributed by atoms with van der Waals surface area (Å²) in [5, 5.41) is 19.2. The zero-order chi connectivity index (χ0) is 12.1. The summed E-state index contributed by atoms with van der Waals surface area (Å²) in [6.07, 6.45) is 0.611. The Hall–Kier alpha value is -1.96. The second-order valence-corrected chi connectivity index (χ2v) is 3.71. The van der Waals surface area contributed by atoms with Crippen molar-refractivity contribution in [3.05, 3.63) is 16.6 Å². The molecule has 1 heterocycles. The minimum Gasteiger partial charge on any atom is -0.481 e. The number of hydrogen-bond acceptors (Lipinski definition) is 5. The Morgan fingerprint density at radius 2 is 2.12 bits per heavy atom. The number of amides is 1. The molecular weight excluding hydrogens is 236 g/mol. The van der Waals surface area contributed by atoms with Crippen molar-refractivity contribution < 1.29 is 24.6 Å². The third kappa shape index (κ3) is 3.31. The number of carbonyl (C=O) groups is 3. The molecule has 0 aromatic carbocycles. The molecule has 8 heteroatoms. The Balaban J connectivity index is 2.65. The summed E-state index contributed by atoms with van der Waals surface area (Å²) in [4.78, 5) is 36.3. The smallest absolute Gasteiger partial charge is 0.326 e. The number of aromatic nitrogens is 1. The molecule has 0 aliphatic rings. The number of rotatable bonds is 5. The first kappa shape index (κ1) is 12.1. The highest BCUT2D eigenvalue weighted by molar-refractivity contribution is 7.11. The van der Waals surface area contributed by atoms with E-state index in [0.29, 0.717) is 0 Å². The summed E-state index contributed by atoms with van der Waals surface area (Å²) >= 11 is 1.04. The standard InChI is InChI=1S/C8H8N2O5S/c11-6(12)1-4(8(14)15)10-7(13)5-2-9-3-16-5/h2-4H,1H2,(H,10,13)(H,11,12)(H,14,15). The monoisotopic (exact) mass is 244 g/mol. The van der Waals surface area contributed by atoms with Gasteiger partial charge in [0.2, 0.25) is 0 Å². The maximum absolute atomic E-state index is 11.4. The van der Waals surface area contributed by atoms with Gasteiger partial charge in [0.15, 0.2) is 0 Å². The molecule has 1 rings (SSSR count). The van der Waals surface area contributed by atoms with Crippen molar-refractivity contribution in [3.63, 3.8) is 0 Å². The van der Waals surface area contributed by atoms with Gasteiger partial charge in [0, 0.05) is 0 Å². The third-order valence-corrected chi connectivity index (χ3v) is 2.41. The van der Waals surface area contributed by atoms with Gasteiger partial charge in [-0.25, -0.2) is 4.79 Å². The first-order chi connectivity index (χ1) is 7.50. The van der Waals surface area contributed by atoms with Crippen LogP contribution >= 0.6 is 11.3 Å². The average molecular weight is 244 g/mol. The molecule has 1 aromatic rings. The average Bonchev–Trinajstić information content (AvgIpc) is 2.68. The largest absolute Gasteiger partial charge is 0.481 e. The molecule has 0 spiro atoms. The Bertz CT molecular complexity index is 403. The number of nitrogens with zero attached hydrogens (tertiary/aromatic N) is 1. The number of nitrogens with one attached hydrogen (secondary N) is 1. The molecule has 0 saturated heterocycles. The normalized spacial score (nSPS) is 11.8. The van der Waals surface area contributed by atoms with Gasteiger partial charge in [-0.2, -0.15) is 0 Å². The van der Waals surface area contributed by atoms with Crippen LogP contribution in [0, 0.1) is 0 Å². The van der Waals surface area contributed by atoms with E-state index >= 15 is 0 Å². The van der Waals surface area contributed by atoms with Crippen molar-refractivity contribution in [1.82, 2.24) is 10.3 Å². The minimum absolute atomic E-state index is 0.233. The van der Waals surface area contributed by atoms with E-state index in [1.165, 1.54) is 11.7 Å². The van der Waals surface area contributed by atoms with E-state index in [9.17, 15) is 14.4 Å². The van der Waals surface area contributed by atoms with Crippen LogP contribution in [0.4, 0.5) is 0 Å². The molecule has 7 nitrogen and oxygen atoms in total. The summed E-state index contributed by atoms with van der Waals surface area (Å²) in [6, 6.07) is -1.44. The minimum atomic E-state index is -1.44. The molecule has 0 fully saturated rings. The summed E-state index contributed by atoms with van der Waals surface area (Å²) in [5.41, 5.74) is 1.42. The lowest BCUT2D eigenvalue weighted by atomic mass is 10.2. The van der Waals surface area contributed by atoms with Crippen molar-refractivity contribution >= 4 is 29.2 Å². The summed E-state index contributed by atoms with van der Waals surface area (Å²) in [6.45, 7) is 0. The number of thiazole rings is 1. The predicted octanol–water partition coefficient (Wildman–Crippen LogP) is -0.199. The van der Waals surface area contributed by atoms with Crippen molar-refractivity contribution in [2.24, 2.45) is 0 Å². The van der Waals surface area contributed by atoms with Gasteiger partial charge in [-0.1, -0.05) is 0 Å². The van der Waals surface area contributed by atoms with E-state index in [0.717, 1.165) is 11.3 Å². The fourth-order valence-electron chi connectivity index (χ4n) is 0.932. The molecule has 0 aliphatic heterocycles. The third-order valence-electron chi connectivity index (χ3n) is 1.64. The first-order valence-corrected chi connectivity index (χ1v) is 5.02. The summed E-state index contributed by atoms with van der Waals surface area (Å²) < 4.78 is 0. The molecule has 1 amide bonds.